The van der Waals surface area contributed by atoms with Crippen molar-refractivity contribution in [3.8, 4) is 0 Å². The number of fused-ring (bicyclic) bond motifs is 1. The van der Waals surface area contributed by atoms with E-state index in [1.54, 1.807) is 0 Å². The summed E-state index contributed by atoms with van der Waals surface area (Å²) in [6.45, 7) is 9.11. The first-order valence-corrected chi connectivity index (χ1v) is 10.5. The van der Waals surface area contributed by atoms with Crippen molar-refractivity contribution in [3.63, 3.8) is 0 Å². The molecule has 2 bridgehead atoms. The molecule has 154 valence electrons. The van der Waals surface area contributed by atoms with Gasteiger partial charge in [-0.15, -0.1) is 0 Å². The molecule has 3 aliphatic heterocycles. The van der Waals surface area contributed by atoms with E-state index < -0.39 is 0 Å². The van der Waals surface area contributed by atoms with Crippen molar-refractivity contribution in [1.82, 2.24) is 20.4 Å². The molecule has 2 aromatic rings. The number of ether oxygens (including phenoxy) is 1. The molecule has 4 heterocycles. The second-order valence-electron chi connectivity index (χ2n) is 8.94. The smallest absolute Gasteiger partial charge is 0.251 e. The van der Waals surface area contributed by atoms with Crippen LogP contribution in [-0.2, 0) is 11.3 Å². The zero-order chi connectivity index (χ0) is 20.2. The summed E-state index contributed by atoms with van der Waals surface area (Å²) in [5, 5.41) is 7.06. The molecule has 0 aliphatic carbocycles. The van der Waals surface area contributed by atoms with Crippen LogP contribution >= 0.6 is 0 Å². The summed E-state index contributed by atoms with van der Waals surface area (Å²) in [5.41, 5.74) is 3.00. The standard InChI is InChI=1S/C22H28N4O3/c1-13-4-5-16(8-14(13)2)21(27)23-9-17-18-10-26(11-20-24-15(3)25-29-20)12-22(18)7-6-19(17)28-22/h4-5,8,17-19H,6-7,9-12H2,1-3H3,(H,23,27)/t17-,18+,19+,22+/m0/s1. The van der Waals surface area contributed by atoms with Crippen molar-refractivity contribution in [3.05, 3.63) is 46.6 Å². The first-order chi connectivity index (χ1) is 13.9. The topological polar surface area (TPSA) is 80.5 Å². The number of hydrogen-bond acceptors (Lipinski definition) is 6. The Labute approximate surface area is 170 Å². The maximum Gasteiger partial charge on any atom is 0.251 e. The molecule has 1 aromatic heterocycles. The second kappa shape index (κ2) is 6.92. The fourth-order valence-corrected chi connectivity index (χ4v) is 5.47. The van der Waals surface area contributed by atoms with Gasteiger partial charge in [-0.05, 0) is 56.9 Å². The number of benzene rings is 1. The predicted molar refractivity (Wildman–Crippen MR) is 106 cm³/mol. The summed E-state index contributed by atoms with van der Waals surface area (Å²) >= 11 is 0. The molecular weight excluding hydrogens is 368 g/mol. The molecule has 1 N–H and O–H groups in total. The highest BCUT2D eigenvalue weighted by Gasteiger charge is 2.62. The van der Waals surface area contributed by atoms with Crippen molar-refractivity contribution in [2.45, 2.75) is 51.9 Å². The van der Waals surface area contributed by atoms with Gasteiger partial charge in [0.15, 0.2) is 5.82 Å². The van der Waals surface area contributed by atoms with Gasteiger partial charge < -0.3 is 14.6 Å². The number of rotatable bonds is 5. The predicted octanol–water partition coefficient (Wildman–Crippen LogP) is 2.40. The highest BCUT2D eigenvalue weighted by molar-refractivity contribution is 5.94. The van der Waals surface area contributed by atoms with Crippen LogP contribution in [-0.4, -0.2) is 52.3 Å². The number of amides is 1. The van der Waals surface area contributed by atoms with Gasteiger partial charge in [0.25, 0.3) is 5.91 Å². The van der Waals surface area contributed by atoms with E-state index in [2.05, 4.69) is 27.3 Å². The average Bonchev–Trinajstić information content (AvgIpc) is 3.43. The van der Waals surface area contributed by atoms with Crippen LogP contribution in [0.3, 0.4) is 0 Å². The summed E-state index contributed by atoms with van der Waals surface area (Å²) in [6.07, 6.45) is 2.44. The van der Waals surface area contributed by atoms with E-state index in [1.165, 1.54) is 5.56 Å². The van der Waals surface area contributed by atoms with Crippen molar-refractivity contribution in [2.75, 3.05) is 19.6 Å². The molecule has 0 radical (unpaired) electrons. The van der Waals surface area contributed by atoms with Gasteiger partial charge in [-0.25, -0.2) is 0 Å². The van der Waals surface area contributed by atoms with Gasteiger partial charge >= 0.3 is 0 Å². The molecule has 0 saturated carbocycles. The molecule has 7 nitrogen and oxygen atoms in total. The summed E-state index contributed by atoms with van der Waals surface area (Å²) in [6, 6.07) is 5.88. The summed E-state index contributed by atoms with van der Waals surface area (Å²) in [7, 11) is 0. The van der Waals surface area contributed by atoms with Crippen LogP contribution in [0.25, 0.3) is 0 Å². The number of aromatic nitrogens is 2. The average molecular weight is 396 g/mol. The largest absolute Gasteiger partial charge is 0.370 e. The van der Waals surface area contributed by atoms with Crippen molar-refractivity contribution in [2.24, 2.45) is 11.8 Å². The van der Waals surface area contributed by atoms with Gasteiger partial charge in [-0.3, -0.25) is 9.69 Å². The Hall–Kier alpha value is -2.25. The Balaban J connectivity index is 1.24. The van der Waals surface area contributed by atoms with E-state index in [-0.39, 0.29) is 17.6 Å². The van der Waals surface area contributed by atoms with Crippen LogP contribution in [0.15, 0.2) is 22.7 Å². The lowest BCUT2D eigenvalue weighted by Gasteiger charge is -2.29. The van der Waals surface area contributed by atoms with Crippen molar-refractivity contribution >= 4 is 5.91 Å². The van der Waals surface area contributed by atoms with Gasteiger partial charge in [0.05, 0.1) is 18.2 Å². The minimum atomic E-state index is -0.0738. The first kappa shape index (κ1) is 18.8. The van der Waals surface area contributed by atoms with Gasteiger partial charge in [0.2, 0.25) is 5.89 Å². The fourth-order valence-electron chi connectivity index (χ4n) is 5.47. The Morgan fingerprint density at radius 1 is 1.31 bits per heavy atom. The Morgan fingerprint density at radius 3 is 2.93 bits per heavy atom. The molecule has 1 amide bonds. The molecule has 3 saturated heterocycles. The molecule has 3 fully saturated rings. The van der Waals surface area contributed by atoms with Gasteiger partial charge in [0.1, 0.15) is 0 Å². The van der Waals surface area contributed by atoms with Crippen molar-refractivity contribution in [1.29, 1.82) is 0 Å². The lowest BCUT2D eigenvalue weighted by Crippen LogP contribution is -2.41. The lowest BCUT2D eigenvalue weighted by atomic mass is 9.73. The monoisotopic (exact) mass is 396 g/mol. The fraction of sp³-hybridized carbons (Fsp3) is 0.591. The number of nitrogens with zero attached hydrogens (tertiary/aromatic N) is 3. The highest BCUT2D eigenvalue weighted by atomic mass is 16.5. The quantitative estimate of drug-likeness (QED) is 0.836. The third kappa shape index (κ3) is 3.26. The van der Waals surface area contributed by atoms with Crippen LogP contribution in [0.2, 0.25) is 0 Å². The molecule has 0 unspecified atom stereocenters. The Morgan fingerprint density at radius 2 is 2.17 bits per heavy atom. The number of nitrogens with one attached hydrogen (secondary N) is 1. The normalized spacial score (nSPS) is 30.7. The Kier molecular flexibility index (Phi) is 4.47. The number of hydrogen-bond donors (Lipinski definition) is 1. The van der Waals surface area contributed by atoms with E-state index in [9.17, 15) is 4.79 Å². The summed E-state index contributed by atoms with van der Waals surface area (Å²) in [4.78, 5) is 19.4. The third-order valence-corrected chi connectivity index (χ3v) is 7.05. The number of carbonyl (C=O) groups excluding carboxylic acids is 1. The maximum atomic E-state index is 12.7. The van der Waals surface area contributed by atoms with Crippen LogP contribution in [0.5, 0.6) is 0 Å². The van der Waals surface area contributed by atoms with Crippen LogP contribution < -0.4 is 5.32 Å². The third-order valence-electron chi connectivity index (χ3n) is 7.05. The summed E-state index contributed by atoms with van der Waals surface area (Å²) < 4.78 is 11.8. The molecule has 7 heteroatoms. The minimum Gasteiger partial charge on any atom is -0.370 e. The Bertz CT molecular complexity index is 942. The van der Waals surface area contributed by atoms with E-state index in [4.69, 9.17) is 9.26 Å². The molecule has 3 aliphatic rings. The molecule has 29 heavy (non-hydrogen) atoms. The zero-order valence-electron chi connectivity index (χ0n) is 17.3. The first-order valence-electron chi connectivity index (χ1n) is 10.5. The molecular formula is C22H28N4O3. The van der Waals surface area contributed by atoms with Crippen molar-refractivity contribution < 1.29 is 14.1 Å². The number of aryl methyl sites for hydroxylation is 3. The SMILES string of the molecule is Cc1noc(CN2C[C@@H]3[C@H](CNC(=O)c4ccc(C)c(C)c4)[C@H]4CC[C@]3(C2)O4)n1. The molecule has 1 aromatic carbocycles. The van der Waals surface area contributed by atoms with Gasteiger partial charge in [-0.1, -0.05) is 11.2 Å². The van der Waals surface area contributed by atoms with E-state index in [1.807, 2.05) is 32.0 Å². The molecule has 4 atom stereocenters. The van der Waals surface area contributed by atoms with Crippen LogP contribution in [0, 0.1) is 32.6 Å². The maximum absolute atomic E-state index is 12.7. The lowest BCUT2D eigenvalue weighted by molar-refractivity contribution is 0.00142. The molecule has 5 rings (SSSR count). The van der Waals surface area contributed by atoms with Crippen LogP contribution in [0.1, 0.15) is 46.0 Å². The zero-order valence-corrected chi connectivity index (χ0v) is 17.3. The highest BCUT2D eigenvalue weighted by Crippen LogP contribution is 2.54. The number of carbonyl (C=O) groups is 1. The number of likely N-dealkylation sites (tertiary alicyclic amines) is 1. The van der Waals surface area contributed by atoms with E-state index in [0.717, 1.165) is 37.1 Å². The molecule has 1 spiro atoms. The van der Waals surface area contributed by atoms with Gasteiger partial charge in [-0.2, -0.15) is 4.98 Å². The second-order valence-corrected chi connectivity index (χ2v) is 8.94. The summed E-state index contributed by atoms with van der Waals surface area (Å²) in [5.74, 6) is 2.12. The van der Waals surface area contributed by atoms with E-state index in [0.29, 0.717) is 36.6 Å². The van der Waals surface area contributed by atoms with Gasteiger partial charge in [0, 0.05) is 37.0 Å². The van der Waals surface area contributed by atoms with E-state index >= 15 is 0 Å². The van der Waals surface area contributed by atoms with Crippen LogP contribution in [0.4, 0.5) is 0 Å². The minimum absolute atomic E-state index is 0.00103.